The smallest absolute Gasteiger partial charge is 0.300 e. The zero-order chi connectivity index (χ0) is 19.7. The third kappa shape index (κ3) is 3.50. The number of aromatic nitrogens is 2. The Bertz CT molecular complexity index is 1060. The van der Waals surface area contributed by atoms with Gasteiger partial charge >= 0.3 is 6.01 Å². The third-order valence-electron chi connectivity index (χ3n) is 5.07. The topological polar surface area (TPSA) is 53.4 Å². The first-order chi connectivity index (χ1) is 13.5. The third-order valence-corrected chi connectivity index (χ3v) is 5.07. The van der Waals surface area contributed by atoms with Gasteiger partial charge < -0.3 is 9.47 Å². The molecule has 6 heteroatoms. The molecule has 2 aromatic carbocycles. The molecule has 0 radical (unpaired) electrons. The summed E-state index contributed by atoms with van der Waals surface area (Å²) in [4.78, 5) is 15.3. The van der Waals surface area contributed by atoms with Crippen molar-refractivity contribution in [1.29, 1.82) is 0 Å². The average molecular weight is 380 g/mol. The van der Waals surface area contributed by atoms with Crippen LogP contribution in [0.4, 0.5) is 4.39 Å². The number of hydrogen-bond acceptors (Lipinski definition) is 4. The van der Waals surface area contributed by atoms with Crippen molar-refractivity contribution in [2.45, 2.75) is 33.2 Å². The SMILES string of the molecule is Cc1cccc(-c2ccc(OCC3Cn4c(CF)cc(=O)nc4O3)cc2)c1C. The summed E-state index contributed by atoms with van der Waals surface area (Å²) in [7, 11) is 0. The highest BCUT2D eigenvalue weighted by atomic mass is 19.1. The molecule has 0 spiro atoms. The lowest BCUT2D eigenvalue weighted by atomic mass is 9.97. The molecule has 144 valence electrons. The van der Waals surface area contributed by atoms with Gasteiger partial charge in [0.25, 0.3) is 5.56 Å². The van der Waals surface area contributed by atoms with Crippen molar-refractivity contribution in [3.8, 4) is 22.9 Å². The zero-order valence-electron chi connectivity index (χ0n) is 15.8. The predicted molar refractivity (Wildman–Crippen MR) is 105 cm³/mol. The molecule has 0 N–H and O–H groups in total. The van der Waals surface area contributed by atoms with E-state index in [9.17, 15) is 9.18 Å². The van der Waals surface area contributed by atoms with Crippen molar-refractivity contribution in [1.82, 2.24) is 9.55 Å². The van der Waals surface area contributed by atoms with Crippen molar-refractivity contribution in [2.24, 2.45) is 0 Å². The van der Waals surface area contributed by atoms with Crippen LogP contribution in [0, 0.1) is 13.8 Å². The summed E-state index contributed by atoms with van der Waals surface area (Å²) >= 11 is 0. The lowest BCUT2D eigenvalue weighted by Gasteiger charge is -2.12. The minimum atomic E-state index is -0.735. The van der Waals surface area contributed by atoms with Gasteiger partial charge in [-0.15, -0.1) is 0 Å². The summed E-state index contributed by atoms with van der Waals surface area (Å²) < 4.78 is 26.1. The maximum Gasteiger partial charge on any atom is 0.300 e. The van der Waals surface area contributed by atoms with E-state index < -0.39 is 12.2 Å². The highest BCUT2D eigenvalue weighted by Crippen LogP contribution is 2.27. The summed E-state index contributed by atoms with van der Waals surface area (Å²) in [6.07, 6.45) is -0.321. The molecular weight excluding hydrogens is 359 g/mol. The molecule has 28 heavy (non-hydrogen) atoms. The first kappa shape index (κ1) is 18.2. The molecule has 0 saturated heterocycles. The molecule has 1 aliphatic rings. The number of hydrogen-bond donors (Lipinski definition) is 0. The van der Waals surface area contributed by atoms with E-state index in [0.717, 1.165) is 11.3 Å². The van der Waals surface area contributed by atoms with Crippen LogP contribution in [0.2, 0.25) is 0 Å². The summed E-state index contributed by atoms with van der Waals surface area (Å²) in [5.41, 5.74) is 4.64. The second-order valence-electron chi connectivity index (χ2n) is 6.94. The number of aryl methyl sites for hydroxylation is 1. The monoisotopic (exact) mass is 380 g/mol. The molecule has 0 bridgehead atoms. The van der Waals surface area contributed by atoms with Crippen LogP contribution < -0.4 is 15.0 Å². The number of nitrogens with zero attached hydrogens (tertiary/aromatic N) is 2. The van der Waals surface area contributed by atoms with Gasteiger partial charge in [0, 0.05) is 6.07 Å². The van der Waals surface area contributed by atoms with Gasteiger partial charge in [0.2, 0.25) is 0 Å². The van der Waals surface area contributed by atoms with E-state index in [1.54, 1.807) is 4.57 Å². The summed E-state index contributed by atoms with van der Waals surface area (Å²) in [6.45, 7) is 4.18. The highest BCUT2D eigenvalue weighted by Gasteiger charge is 2.26. The summed E-state index contributed by atoms with van der Waals surface area (Å²) in [6, 6.07) is 15.5. The maximum atomic E-state index is 13.1. The fourth-order valence-electron chi connectivity index (χ4n) is 3.39. The minimum absolute atomic E-state index is 0.152. The first-order valence-corrected chi connectivity index (χ1v) is 9.18. The van der Waals surface area contributed by atoms with Gasteiger partial charge in [-0.05, 0) is 48.2 Å². The molecule has 1 unspecified atom stereocenters. The number of benzene rings is 2. The Morgan fingerprint density at radius 2 is 2.00 bits per heavy atom. The lowest BCUT2D eigenvalue weighted by Crippen LogP contribution is -2.23. The number of rotatable bonds is 5. The van der Waals surface area contributed by atoms with E-state index in [1.165, 1.54) is 22.8 Å². The molecule has 3 aromatic rings. The molecular formula is C22H21FN2O3. The Labute approximate surface area is 162 Å². The minimum Gasteiger partial charge on any atom is -0.490 e. The van der Waals surface area contributed by atoms with Gasteiger partial charge in [0.15, 0.2) is 6.10 Å². The van der Waals surface area contributed by atoms with Crippen LogP contribution in [0.25, 0.3) is 11.1 Å². The van der Waals surface area contributed by atoms with E-state index in [2.05, 4.69) is 37.0 Å². The summed E-state index contributed by atoms with van der Waals surface area (Å²) in [5, 5.41) is 0. The van der Waals surface area contributed by atoms with Gasteiger partial charge in [0.05, 0.1) is 12.2 Å². The molecule has 0 fully saturated rings. The van der Waals surface area contributed by atoms with E-state index in [0.29, 0.717) is 6.54 Å². The molecule has 2 heterocycles. The Morgan fingerprint density at radius 1 is 1.21 bits per heavy atom. The fourth-order valence-corrected chi connectivity index (χ4v) is 3.39. The first-order valence-electron chi connectivity index (χ1n) is 9.18. The van der Waals surface area contributed by atoms with Crippen molar-refractivity contribution in [2.75, 3.05) is 6.61 Å². The maximum absolute atomic E-state index is 13.1. The molecule has 0 amide bonds. The largest absolute Gasteiger partial charge is 0.490 e. The molecule has 1 aromatic heterocycles. The van der Waals surface area contributed by atoms with Crippen LogP contribution in [0.5, 0.6) is 11.8 Å². The predicted octanol–water partition coefficient (Wildman–Crippen LogP) is 3.84. The number of ether oxygens (including phenoxy) is 2. The Hall–Kier alpha value is -3.15. The van der Waals surface area contributed by atoms with Crippen molar-refractivity contribution in [3.63, 3.8) is 0 Å². The van der Waals surface area contributed by atoms with Crippen LogP contribution in [0.15, 0.2) is 53.3 Å². The van der Waals surface area contributed by atoms with E-state index in [4.69, 9.17) is 9.47 Å². The second-order valence-corrected chi connectivity index (χ2v) is 6.94. The molecule has 1 aliphatic heterocycles. The van der Waals surface area contributed by atoms with Crippen LogP contribution in [-0.2, 0) is 13.2 Å². The fraction of sp³-hybridized carbons (Fsp3) is 0.273. The molecule has 0 aliphatic carbocycles. The van der Waals surface area contributed by atoms with Gasteiger partial charge in [-0.1, -0.05) is 30.3 Å². The lowest BCUT2D eigenvalue weighted by molar-refractivity contribution is 0.143. The average Bonchev–Trinajstić information content (AvgIpc) is 3.11. The second kappa shape index (κ2) is 7.46. The van der Waals surface area contributed by atoms with Gasteiger partial charge in [-0.2, -0.15) is 4.98 Å². The van der Waals surface area contributed by atoms with Gasteiger partial charge in [0.1, 0.15) is 19.0 Å². The van der Waals surface area contributed by atoms with Crippen molar-refractivity contribution < 1.29 is 13.9 Å². The zero-order valence-corrected chi connectivity index (χ0v) is 15.8. The molecule has 1 atom stereocenters. The quantitative estimate of drug-likeness (QED) is 0.675. The number of fused-ring (bicyclic) bond motifs is 1. The van der Waals surface area contributed by atoms with Crippen LogP contribution in [0.3, 0.4) is 0 Å². The Morgan fingerprint density at radius 3 is 2.75 bits per heavy atom. The van der Waals surface area contributed by atoms with Crippen molar-refractivity contribution >= 4 is 0 Å². The highest BCUT2D eigenvalue weighted by molar-refractivity contribution is 5.68. The van der Waals surface area contributed by atoms with Crippen LogP contribution in [0.1, 0.15) is 16.8 Å². The molecule has 0 saturated carbocycles. The standard InChI is InChI=1S/C22H21FN2O3/c1-14-4-3-5-20(15(14)2)16-6-8-18(9-7-16)27-13-19-12-25-17(11-23)10-21(26)24-22(25)28-19/h3-10,19H,11-13H2,1-2H3. The number of halogens is 1. The Kier molecular flexibility index (Phi) is 4.86. The van der Waals surface area contributed by atoms with E-state index >= 15 is 0 Å². The molecule has 4 rings (SSSR count). The van der Waals surface area contributed by atoms with Crippen molar-refractivity contribution in [3.05, 3.63) is 75.7 Å². The van der Waals surface area contributed by atoms with Crippen LogP contribution in [-0.4, -0.2) is 22.3 Å². The van der Waals surface area contributed by atoms with E-state index in [1.807, 2.05) is 24.3 Å². The van der Waals surface area contributed by atoms with Crippen LogP contribution >= 0.6 is 0 Å². The van der Waals surface area contributed by atoms with Gasteiger partial charge in [-0.25, -0.2) is 4.39 Å². The Balaban J connectivity index is 1.42. The molecule has 5 nitrogen and oxygen atoms in total. The van der Waals surface area contributed by atoms with Gasteiger partial charge in [-0.3, -0.25) is 9.36 Å². The summed E-state index contributed by atoms with van der Waals surface area (Å²) in [5.74, 6) is 0.724. The normalized spacial score (nSPS) is 15.2. The number of alkyl halides is 1. The van der Waals surface area contributed by atoms with E-state index in [-0.39, 0.29) is 24.4 Å².